The quantitative estimate of drug-likeness (QED) is 0.789. The lowest BCUT2D eigenvalue weighted by Gasteiger charge is -1.99. The number of rotatable bonds is 3. The molecule has 5 heteroatoms. The Bertz CT molecular complexity index is 719. The van der Waals surface area contributed by atoms with Crippen molar-refractivity contribution in [2.75, 3.05) is 12.4 Å². The molecule has 0 amide bonds. The van der Waals surface area contributed by atoms with Gasteiger partial charge in [-0.05, 0) is 42.8 Å². The summed E-state index contributed by atoms with van der Waals surface area (Å²) in [7, 11) is 1.88. The predicted octanol–water partition coefficient (Wildman–Crippen LogP) is 3.15. The maximum absolute atomic E-state index is 5.33. The fourth-order valence-electron chi connectivity index (χ4n) is 1.95. The SMILES string of the molecule is CNc1ccc(-c2nc(-c3ccncc3C)no2)cc1. The van der Waals surface area contributed by atoms with E-state index in [1.165, 1.54) is 0 Å². The van der Waals surface area contributed by atoms with Gasteiger partial charge in [-0.15, -0.1) is 0 Å². The summed E-state index contributed by atoms with van der Waals surface area (Å²) in [6.45, 7) is 1.97. The van der Waals surface area contributed by atoms with E-state index in [2.05, 4.69) is 20.4 Å². The zero-order valence-corrected chi connectivity index (χ0v) is 11.3. The Labute approximate surface area is 116 Å². The van der Waals surface area contributed by atoms with E-state index in [9.17, 15) is 0 Å². The maximum atomic E-state index is 5.33. The summed E-state index contributed by atoms with van der Waals surface area (Å²) in [5.41, 5.74) is 3.89. The Morgan fingerprint density at radius 2 is 1.90 bits per heavy atom. The van der Waals surface area contributed by atoms with Gasteiger partial charge in [0.25, 0.3) is 5.89 Å². The number of nitrogens with one attached hydrogen (secondary N) is 1. The fourth-order valence-corrected chi connectivity index (χ4v) is 1.95. The van der Waals surface area contributed by atoms with Crippen LogP contribution in [-0.4, -0.2) is 22.2 Å². The molecule has 1 aromatic carbocycles. The van der Waals surface area contributed by atoms with Crippen molar-refractivity contribution in [2.45, 2.75) is 6.92 Å². The highest BCUT2D eigenvalue weighted by atomic mass is 16.5. The maximum Gasteiger partial charge on any atom is 0.258 e. The van der Waals surface area contributed by atoms with Gasteiger partial charge >= 0.3 is 0 Å². The van der Waals surface area contributed by atoms with Gasteiger partial charge in [0.15, 0.2) is 0 Å². The van der Waals surface area contributed by atoms with Crippen molar-refractivity contribution in [2.24, 2.45) is 0 Å². The van der Waals surface area contributed by atoms with Crippen LogP contribution in [0.1, 0.15) is 5.56 Å². The second-order valence-corrected chi connectivity index (χ2v) is 4.44. The number of nitrogens with zero attached hydrogens (tertiary/aromatic N) is 3. The molecule has 2 heterocycles. The third kappa shape index (κ3) is 2.25. The lowest BCUT2D eigenvalue weighted by atomic mass is 10.1. The Balaban J connectivity index is 1.95. The Kier molecular flexibility index (Phi) is 3.16. The van der Waals surface area contributed by atoms with Crippen molar-refractivity contribution in [1.82, 2.24) is 15.1 Å². The summed E-state index contributed by atoms with van der Waals surface area (Å²) in [4.78, 5) is 8.50. The first-order valence-corrected chi connectivity index (χ1v) is 6.31. The van der Waals surface area contributed by atoms with Gasteiger partial charge in [-0.2, -0.15) is 4.98 Å². The minimum Gasteiger partial charge on any atom is -0.388 e. The van der Waals surface area contributed by atoms with Gasteiger partial charge in [-0.1, -0.05) is 5.16 Å². The summed E-state index contributed by atoms with van der Waals surface area (Å²) in [6, 6.07) is 9.72. The Hall–Kier alpha value is -2.69. The van der Waals surface area contributed by atoms with E-state index >= 15 is 0 Å². The number of aryl methyl sites for hydroxylation is 1. The van der Waals surface area contributed by atoms with Crippen molar-refractivity contribution in [3.63, 3.8) is 0 Å². The van der Waals surface area contributed by atoms with E-state index < -0.39 is 0 Å². The molecule has 0 aliphatic rings. The molecule has 3 aromatic rings. The van der Waals surface area contributed by atoms with Gasteiger partial charge < -0.3 is 9.84 Å². The molecule has 5 nitrogen and oxygen atoms in total. The Morgan fingerprint density at radius 3 is 2.60 bits per heavy atom. The van der Waals surface area contributed by atoms with Gasteiger partial charge in [0.05, 0.1) is 0 Å². The first-order valence-electron chi connectivity index (χ1n) is 6.31. The van der Waals surface area contributed by atoms with E-state index in [0.717, 1.165) is 22.4 Å². The van der Waals surface area contributed by atoms with Gasteiger partial charge in [0, 0.05) is 36.3 Å². The number of hydrogen-bond donors (Lipinski definition) is 1. The van der Waals surface area contributed by atoms with E-state index in [1.807, 2.05) is 44.3 Å². The molecule has 1 N–H and O–H groups in total. The van der Waals surface area contributed by atoms with Crippen LogP contribution in [0.4, 0.5) is 5.69 Å². The van der Waals surface area contributed by atoms with Crippen LogP contribution in [0.25, 0.3) is 22.8 Å². The second-order valence-electron chi connectivity index (χ2n) is 4.44. The Morgan fingerprint density at radius 1 is 1.10 bits per heavy atom. The fraction of sp³-hybridized carbons (Fsp3) is 0.133. The average molecular weight is 266 g/mol. The van der Waals surface area contributed by atoms with Crippen LogP contribution < -0.4 is 5.32 Å². The molecule has 20 heavy (non-hydrogen) atoms. The molecule has 0 fully saturated rings. The molecule has 0 unspecified atom stereocenters. The summed E-state index contributed by atoms with van der Waals surface area (Å²) in [5.74, 6) is 1.09. The predicted molar refractivity (Wildman–Crippen MR) is 77.2 cm³/mol. The average Bonchev–Trinajstić information content (AvgIpc) is 2.97. The molecule has 0 saturated carbocycles. The van der Waals surface area contributed by atoms with Crippen LogP contribution in [0.5, 0.6) is 0 Å². The largest absolute Gasteiger partial charge is 0.388 e. The van der Waals surface area contributed by atoms with Crippen LogP contribution in [0.3, 0.4) is 0 Å². The number of benzene rings is 1. The van der Waals surface area contributed by atoms with Crippen LogP contribution in [0.2, 0.25) is 0 Å². The molecule has 0 aliphatic carbocycles. The summed E-state index contributed by atoms with van der Waals surface area (Å²) >= 11 is 0. The third-order valence-corrected chi connectivity index (χ3v) is 3.11. The molecule has 0 bridgehead atoms. The lowest BCUT2D eigenvalue weighted by Crippen LogP contribution is -1.88. The molecular weight excluding hydrogens is 252 g/mol. The summed E-state index contributed by atoms with van der Waals surface area (Å²) < 4.78 is 5.33. The molecule has 100 valence electrons. The second kappa shape index (κ2) is 5.13. The zero-order valence-electron chi connectivity index (χ0n) is 11.3. The standard InChI is InChI=1S/C15H14N4O/c1-10-9-17-8-7-13(10)14-18-15(20-19-14)11-3-5-12(16-2)6-4-11/h3-9,16H,1-2H3. The monoisotopic (exact) mass is 266 g/mol. The molecule has 0 spiro atoms. The molecule has 3 rings (SSSR count). The molecule has 0 saturated heterocycles. The number of pyridine rings is 1. The van der Waals surface area contributed by atoms with E-state index in [0.29, 0.717) is 11.7 Å². The van der Waals surface area contributed by atoms with E-state index in [-0.39, 0.29) is 0 Å². The minimum absolute atomic E-state index is 0.513. The molecule has 0 radical (unpaired) electrons. The third-order valence-electron chi connectivity index (χ3n) is 3.11. The van der Waals surface area contributed by atoms with Crippen LogP contribution >= 0.6 is 0 Å². The van der Waals surface area contributed by atoms with Crippen molar-refractivity contribution in [1.29, 1.82) is 0 Å². The van der Waals surface area contributed by atoms with Crippen molar-refractivity contribution in [3.05, 3.63) is 48.3 Å². The van der Waals surface area contributed by atoms with Crippen molar-refractivity contribution < 1.29 is 4.52 Å². The highest BCUT2D eigenvalue weighted by Gasteiger charge is 2.12. The number of anilines is 1. The number of aromatic nitrogens is 3. The molecular formula is C15H14N4O. The minimum atomic E-state index is 0.513. The lowest BCUT2D eigenvalue weighted by molar-refractivity contribution is 0.432. The highest BCUT2D eigenvalue weighted by Crippen LogP contribution is 2.24. The number of hydrogen-bond acceptors (Lipinski definition) is 5. The molecule has 0 aliphatic heterocycles. The zero-order chi connectivity index (χ0) is 13.9. The van der Waals surface area contributed by atoms with Gasteiger partial charge in [0.1, 0.15) is 0 Å². The molecule has 0 atom stereocenters. The smallest absolute Gasteiger partial charge is 0.258 e. The van der Waals surface area contributed by atoms with Gasteiger partial charge in [0.2, 0.25) is 5.82 Å². The van der Waals surface area contributed by atoms with Crippen LogP contribution in [0.15, 0.2) is 47.2 Å². The van der Waals surface area contributed by atoms with Crippen LogP contribution in [0, 0.1) is 6.92 Å². The first kappa shape index (κ1) is 12.3. The van der Waals surface area contributed by atoms with Crippen molar-refractivity contribution >= 4 is 5.69 Å². The van der Waals surface area contributed by atoms with Gasteiger partial charge in [-0.3, -0.25) is 4.98 Å². The summed E-state index contributed by atoms with van der Waals surface area (Å²) in [6.07, 6.45) is 3.51. The topological polar surface area (TPSA) is 63.8 Å². The van der Waals surface area contributed by atoms with E-state index in [1.54, 1.807) is 12.4 Å². The van der Waals surface area contributed by atoms with Crippen molar-refractivity contribution in [3.8, 4) is 22.8 Å². The summed E-state index contributed by atoms with van der Waals surface area (Å²) in [5, 5.41) is 7.11. The normalized spacial score (nSPS) is 10.5. The van der Waals surface area contributed by atoms with E-state index in [4.69, 9.17) is 4.52 Å². The highest BCUT2D eigenvalue weighted by molar-refractivity contribution is 5.63. The molecule has 2 aromatic heterocycles. The van der Waals surface area contributed by atoms with Crippen LogP contribution in [-0.2, 0) is 0 Å². The first-order chi connectivity index (χ1) is 9.78. The van der Waals surface area contributed by atoms with Gasteiger partial charge in [-0.25, -0.2) is 0 Å².